The van der Waals surface area contributed by atoms with Crippen molar-refractivity contribution in [2.24, 2.45) is 16.9 Å². The minimum Gasteiger partial charge on any atom is -0.402 e. The molecule has 0 spiro atoms. The average molecular weight is 516 g/mol. The number of thioether (sulfide) groups is 1. The molecule has 34 heavy (non-hydrogen) atoms. The van der Waals surface area contributed by atoms with Crippen LogP contribution in [0.4, 0.5) is 0 Å². The number of nitrogens with zero attached hydrogens (tertiary/aromatic N) is 2. The molecule has 1 unspecified atom stereocenters. The maximum atomic E-state index is 6.78. The van der Waals surface area contributed by atoms with E-state index in [0.29, 0.717) is 20.7 Å². The molecule has 7 heteroatoms. The van der Waals surface area contributed by atoms with Gasteiger partial charge in [-0.1, -0.05) is 85.7 Å². The van der Waals surface area contributed by atoms with Crippen molar-refractivity contribution in [2.45, 2.75) is 57.0 Å². The van der Waals surface area contributed by atoms with Gasteiger partial charge < -0.3 is 11.5 Å². The van der Waals surface area contributed by atoms with Gasteiger partial charge in [-0.15, -0.1) is 0 Å². The third-order valence-electron chi connectivity index (χ3n) is 6.28. The van der Waals surface area contributed by atoms with Crippen molar-refractivity contribution in [1.82, 2.24) is 9.97 Å². The number of hydrogen-bond acceptors (Lipinski definition) is 5. The first kappa shape index (κ1) is 26.6. The van der Waals surface area contributed by atoms with E-state index in [9.17, 15) is 0 Å². The van der Waals surface area contributed by atoms with Gasteiger partial charge in [0.2, 0.25) is 0 Å². The van der Waals surface area contributed by atoms with Crippen LogP contribution in [0, 0.1) is 5.41 Å². The zero-order chi connectivity index (χ0) is 24.9. The normalized spacial score (nSPS) is 20.6. The zero-order valence-corrected chi connectivity index (χ0v) is 22.1. The van der Waals surface area contributed by atoms with Gasteiger partial charge >= 0.3 is 0 Å². The van der Waals surface area contributed by atoms with Gasteiger partial charge in [0.15, 0.2) is 0 Å². The molecule has 0 radical (unpaired) electrons. The molecule has 3 rings (SSSR count). The van der Waals surface area contributed by atoms with Crippen molar-refractivity contribution in [3.8, 4) is 0 Å². The fourth-order valence-corrected chi connectivity index (χ4v) is 5.82. The van der Waals surface area contributed by atoms with Gasteiger partial charge in [-0.05, 0) is 60.8 Å². The lowest BCUT2D eigenvalue weighted by atomic mass is 9.73. The average Bonchev–Trinajstić information content (AvgIpc) is 3.08. The summed E-state index contributed by atoms with van der Waals surface area (Å²) in [4.78, 5) is 9.81. The Hall–Kier alpha value is -2.05. The first-order chi connectivity index (χ1) is 16.2. The number of fused-ring (bicyclic) bond motifs is 1. The van der Waals surface area contributed by atoms with Crippen molar-refractivity contribution < 1.29 is 0 Å². The summed E-state index contributed by atoms with van der Waals surface area (Å²) in [7, 11) is 0. The number of aromatic nitrogens is 2. The molecule has 1 aliphatic carbocycles. The third-order valence-corrected chi connectivity index (χ3v) is 8.07. The molecule has 2 atom stereocenters. The third kappa shape index (κ3) is 6.14. The Morgan fingerprint density at radius 3 is 2.53 bits per heavy atom. The topological polar surface area (TPSA) is 77.8 Å². The highest BCUT2D eigenvalue weighted by molar-refractivity contribution is 8.03. The molecule has 1 aliphatic rings. The Morgan fingerprint density at radius 1 is 1.21 bits per heavy atom. The highest BCUT2D eigenvalue weighted by Gasteiger charge is 2.42. The molecule has 0 bridgehead atoms. The van der Waals surface area contributed by atoms with Crippen LogP contribution >= 0.6 is 35.0 Å². The van der Waals surface area contributed by atoms with E-state index in [4.69, 9.17) is 34.7 Å². The summed E-state index contributed by atoms with van der Waals surface area (Å²) in [6.07, 6.45) is 10.2. The van der Waals surface area contributed by atoms with Crippen molar-refractivity contribution in [3.63, 3.8) is 0 Å². The first-order valence-corrected chi connectivity index (χ1v) is 12.9. The zero-order valence-electron chi connectivity index (χ0n) is 19.8. The fourth-order valence-electron chi connectivity index (χ4n) is 4.60. The second kappa shape index (κ2) is 11.6. The van der Waals surface area contributed by atoms with Crippen LogP contribution in [0.15, 0.2) is 81.6 Å². The maximum Gasteiger partial charge on any atom is 0.119 e. The van der Waals surface area contributed by atoms with Crippen LogP contribution in [0.3, 0.4) is 0 Å². The highest BCUT2D eigenvalue weighted by atomic mass is 35.5. The van der Waals surface area contributed by atoms with E-state index in [0.717, 1.165) is 43.4 Å². The standard InChI is InChI=1S/C27H32Cl2N4S/c1-5-11-27(14-20-8-6-7-9-21(20)26(27)31)12-10-17(2)22-15-33-24(16-32-22)34-23(13-18(3)30)25(29)19(4)28/h6-9,13,15-16,26H,2,4-5,10-12,14,30-31H2,1,3H3/b18-13+,25-23-/t26-,27?/m1/s1. The van der Waals surface area contributed by atoms with Crippen LogP contribution in [0.2, 0.25) is 0 Å². The van der Waals surface area contributed by atoms with Gasteiger partial charge in [0.1, 0.15) is 5.03 Å². The highest BCUT2D eigenvalue weighted by Crippen LogP contribution is 2.51. The van der Waals surface area contributed by atoms with Gasteiger partial charge in [-0.25, -0.2) is 4.98 Å². The lowest BCUT2D eigenvalue weighted by Gasteiger charge is -2.34. The van der Waals surface area contributed by atoms with Gasteiger partial charge in [-0.3, -0.25) is 4.98 Å². The van der Waals surface area contributed by atoms with Crippen LogP contribution in [0.1, 0.15) is 62.4 Å². The molecule has 2 aromatic rings. The Kier molecular flexibility index (Phi) is 9.05. The number of hydrogen-bond donors (Lipinski definition) is 2. The summed E-state index contributed by atoms with van der Waals surface area (Å²) >= 11 is 13.6. The molecular formula is C27H32Cl2N4S. The monoisotopic (exact) mass is 514 g/mol. The first-order valence-electron chi connectivity index (χ1n) is 11.4. The van der Waals surface area contributed by atoms with Gasteiger partial charge in [-0.2, -0.15) is 0 Å². The van der Waals surface area contributed by atoms with E-state index in [-0.39, 0.29) is 16.5 Å². The van der Waals surface area contributed by atoms with E-state index in [1.54, 1.807) is 25.4 Å². The number of nitrogens with two attached hydrogens (primary N) is 2. The van der Waals surface area contributed by atoms with Crippen LogP contribution in [-0.4, -0.2) is 9.97 Å². The summed E-state index contributed by atoms with van der Waals surface area (Å²) < 4.78 is 0. The summed E-state index contributed by atoms with van der Waals surface area (Å²) in [5, 5.41) is 1.26. The number of rotatable bonds is 10. The fraction of sp³-hybridized carbons (Fsp3) is 0.333. The molecule has 180 valence electrons. The second-order valence-electron chi connectivity index (χ2n) is 8.88. The van der Waals surface area contributed by atoms with E-state index in [1.165, 1.54) is 22.9 Å². The predicted octanol–water partition coefficient (Wildman–Crippen LogP) is 7.47. The molecule has 1 heterocycles. The van der Waals surface area contributed by atoms with Crippen LogP contribution < -0.4 is 11.5 Å². The van der Waals surface area contributed by atoms with Crippen molar-refractivity contribution in [3.05, 3.63) is 93.4 Å². The molecular weight excluding hydrogens is 483 g/mol. The molecule has 1 aromatic carbocycles. The number of allylic oxidation sites excluding steroid dienone is 5. The molecule has 4 nitrogen and oxygen atoms in total. The van der Waals surface area contributed by atoms with Crippen LogP contribution in [-0.2, 0) is 6.42 Å². The molecule has 0 saturated heterocycles. The van der Waals surface area contributed by atoms with E-state index >= 15 is 0 Å². The minimum atomic E-state index is 0.0482. The molecule has 0 saturated carbocycles. The molecule has 4 N–H and O–H groups in total. The maximum absolute atomic E-state index is 6.78. The van der Waals surface area contributed by atoms with Gasteiger partial charge in [0.25, 0.3) is 0 Å². The van der Waals surface area contributed by atoms with Gasteiger partial charge in [0.05, 0.1) is 28.2 Å². The minimum absolute atomic E-state index is 0.0482. The molecule has 0 fully saturated rings. The molecule has 1 aromatic heterocycles. The lowest BCUT2D eigenvalue weighted by molar-refractivity contribution is 0.206. The van der Waals surface area contributed by atoms with E-state index in [1.807, 2.05) is 0 Å². The summed E-state index contributed by atoms with van der Waals surface area (Å²) in [6.45, 7) is 12.0. The quantitative estimate of drug-likeness (QED) is 0.254. The van der Waals surface area contributed by atoms with E-state index in [2.05, 4.69) is 54.3 Å². The van der Waals surface area contributed by atoms with Crippen molar-refractivity contribution in [1.29, 1.82) is 0 Å². The summed E-state index contributed by atoms with van der Waals surface area (Å²) in [6, 6.07) is 8.61. The summed E-state index contributed by atoms with van der Waals surface area (Å²) in [5.41, 5.74) is 17.7. The lowest BCUT2D eigenvalue weighted by Crippen LogP contribution is -2.31. The van der Waals surface area contributed by atoms with Crippen LogP contribution in [0.5, 0.6) is 0 Å². The summed E-state index contributed by atoms with van der Waals surface area (Å²) in [5.74, 6) is 0. The Bertz CT molecular complexity index is 1120. The van der Waals surface area contributed by atoms with E-state index < -0.39 is 0 Å². The number of benzene rings is 1. The molecule has 0 amide bonds. The number of halogens is 2. The molecule has 0 aliphatic heterocycles. The van der Waals surface area contributed by atoms with Crippen LogP contribution in [0.25, 0.3) is 5.57 Å². The van der Waals surface area contributed by atoms with Crippen molar-refractivity contribution >= 4 is 40.5 Å². The largest absolute Gasteiger partial charge is 0.402 e. The Labute approximate surface area is 217 Å². The Balaban J connectivity index is 1.71. The Morgan fingerprint density at radius 2 is 1.94 bits per heavy atom. The SMILES string of the molecule is C=C(Cl)/C(Cl)=C(\C=C(/C)N)Sc1cnc(C(=C)CCC2(CCC)Cc3ccccc3[C@H]2N)cn1. The van der Waals surface area contributed by atoms with Gasteiger partial charge in [0, 0.05) is 16.6 Å². The predicted molar refractivity (Wildman–Crippen MR) is 146 cm³/mol. The smallest absolute Gasteiger partial charge is 0.119 e. The van der Waals surface area contributed by atoms with Crippen molar-refractivity contribution in [2.75, 3.05) is 0 Å². The second-order valence-corrected chi connectivity index (χ2v) is 10.8.